The van der Waals surface area contributed by atoms with Crippen LogP contribution in [0.5, 0.6) is 0 Å². The van der Waals surface area contributed by atoms with Gasteiger partial charge in [0.2, 0.25) is 0 Å². The molecule has 0 saturated carbocycles. The Morgan fingerprint density at radius 1 is 1.22 bits per heavy atom. The van der Waals surface area contributed by atoms with Gasteiger partial charge in [0.1, 0.15) is 0 Å². The van der Waals surface area contributed by atoms with Gasteiger partial charge in [-0.1, -0.05) is 36.8 Å². The number of methoxy groups -OCH3 is 1. The average Bonchev–Trinajstić information content (AvgIpc) is 2.39. The van der Waals surface area contributed by atoms with Crippen LogP contribution in [0.1, 0.15) is 30.5 Å². The highest BCUT2D eigenvalue weighted by molar-refractivity contribution is 5.23. The van der Waals surface area contributed by atoms with Crippen LogP contribution in [-0.2, 0) is 4.74 Å². The summed E-state index contributed by atoms with van der Waals surface area (Å²) in [6, 6.07) is 8.63. The van der Waals surface area contributed by atoms with Crippen molar-refractivity contribution in [3.8, 4) is 0 Å². The standard InChI is InChI=1S/C15H26N2O/c1-4-17(11-12-18-3)10-9-15(16)14-7-5-13(2)6-8-14/h5-8,15H,4,9-12,16H2,1-3H3. The molecule has 0 heterocycles. The summed E-state index contributed by atoms with van der Waals surface area (Å²) >= 11 is 0. The Morgan fingerprint density at radius 3 is 2.44 bits per heavy atom. The molecule has 0 aliphatic heterocycles. The second-order valence-electron chi connectivity index (χ2n) is 4.73. The van der Waals surface area contributed by atoms with Crippen LogP contribution in [-0.4, -0.2) is 38.3 Å². The summed E-state index contributed by atoms with van der Waals surface area (Å²) in [7, 11) is 1.74. The molecule has 0 saturated heterocycles. The predicted molar refractivity (Wildman–Crippen MR) is 76.7 cm³/mol. The maximum atomic E-state index is 6.22. The lowest BCUT2D eigenvalue weighted by atomic mass is 10.0. The third-order valence-corrected chi connectivity index (χ3v) is 3.32. The second-order valence-corrected chi connectivity index (χ2v) is 4.73. The van der Waals surface area contributed by atoms with Crippen molar-refractivity contribution in [3.05, 3.63) is 35.4 Å². The molecular weight excluding hydrogens is 224 g/mol. The molecule has 0 aliphatic rings. The van der Waals surface area contributed by atoms with E-state index in [4.69, 9.17) is 10.5 Å². The molecule has 2 N–H and O–H groups in total. The maximum absolute atomic E-state index is 6.22. The van der Waals surface area contributed by atoms with Crippen LogP contribution in [0.2, 0.25) is 0 Å². The van der Waals surface area contributed by atoms with Gasteiger partial charge in [0.05, 0.1) is 6.61 Å². The van der Waals surface area contributed by atoms with Gasteiger partial charge in [-0.2, -0.15) is 0 Å². The van der Waals surface area contributed by atoms with Crippen LogP contribution in [0.3, 0.4) is 0 Å². The van der Waals surface area contributed by atoms with Crippen LogP contribution in [0.25, 0.3) is 0 Å². The van der Waals surface area contributed by atoms with Crippen molar-refractivity contribution in [1.29, 1.82) is 0 Å². The topological polar surface area (TPSA) is 38.5 Å². The van der Waals surface area contributed by atoms with E-state index in [1.807, 2.05) is 0 Å². The second kappa shape index (κ2) is 8.25. The molecule has 1 unspecified atom stereocenters. The molecule has 0 aliphatic carbocycles. The molecule has 0 radical (unpaired) electrons. The molecule has 0 spiro atoms. The predicted octanol–water partition coefficient (Wildman–Crippen LogP) is 2.35. The van der Waals surface area contributed by atoms with E-state index < -0.39 is 0 Å². The Hall–Kier alpha value is -0.900. The number of nitrogens with two attached hydrogens (primary N) is 1. The lowest BCUT2D eigenvalue weighted by Gasteiger charge is -2.22. The highest BCUT2D eigenvalue weighted by Gasteiger charge is 2.08. The minimum Gasteiger partial charge on any atom is -0.383 e. The van der Waals surface area contributed by atoms with Crippen molar-refractivity contribution in [3.63, 3.8) is 0 Å². The van der Waals surface area contributed by atoms with Gasteiger partial charge in [0.15, 0.2) is 0 Å². The zero-order valence-corrected chi connectivity index (χ0v) is 11.9. The van der Waals surface area contributed by atoms with Crippen molar-refractivity contribution in [2.24, 2.45) is 5.73 Å². The van der Waals surface area contributed by atoms with Crippen LogP contribution in [0.4, 0.5) is 0 Å². The number of nitrogens with zero attached hydrogens (tertiary/aromatic N) is 1. The van der Waals surface area contributed by atoms with Crippen molar-refractivity contribution >= 4 is 0 Å². The number of hydrogen-bond acceptors (Lipinski definition) is 3. The number of ether oxygens (including phenoxy) is 1. The highest BCUT2D eigenvalue weighted by atomic mass is 16.5. The Kier molecular flexibility index (Phi) is 6.94. The van der Waals surface area contributed by atoms with Crippen LogP contribution < -0.4 is 5.73 Å². The highest BCUT2D eigenvalue weighted by Crippen LogP contribution is 2.15. The summed E-state index contributed by atoms with van der Waals surface area (Å²) in [6.45, 7) is 8.10. The monoisotopic (exact) mass is 250 g/mol. The Bertz CT molecular complexity index is 324. The maximum Gasteiger partial charge on any atom is 0.0589 e. The van der Waals surface area contributed by atoms with E-state index in [1.54, 1.807) is 7.11 Å². The Labute approximate surface area is 111 Å². The molecule has 1 atom stereocenters. The van der Waals surface area contributed by atoms with E-state index in [1.165, 1.54) is 11.1 Å². The third kappa shape index (κ3) is 5.17. The fourth-order valence-electron chi connectivity index (χ4n) is 1.95. The summed E-state index contributed by atoms with van der Waals surface area (Å²) in [6.07, 6.45) is 0.987. The number of likely N-dealkylation sites (N-methyl/N-ethyl adjacent to an activating group) is 1. The number of aryl methyl sites for hydroxylation is 1. The SMILES string of the molecule is CCN(CCOC)CCC(N)c1ccc(C)cc1. The molecule has 0 amide bonds. The Balaban J connectivity index is 2.39. The van der Waals surface area contributed by atoms with E-state index in [0.29, 0.717) is 0 Å². The zero-order chi connectivity index (χ0) is 13.4. The van der Waals surface area contributed by atoms with Crippen molar-refractivity contribution in [1.82, 2.24) is 4.90 Å². The minimum atomic E-state index is 0.127. The first-order valence-electron chi connectivity index (χ1n) is 6.70. The van der Waals surface area contributed by atoms with E-state index in [-0.39, 0.29) is 6.04 Å². The van der Waals surface area contributed by atoms with Crippen molar-refractivity contribution in [2.45, 2.75) is 26.3 Å². The molecule has 0 aromatic heterocycles. The summed E-state index contributed by atoms with van der Waals surface area (Å²) in [5.74, 6) is 0. The fourth-order valence-corrected chi connectivity index (χ4v) is 1.95. The molecule has 0 bridgehead atoms. The first-order valence-corrected chi connectivity index (χ1v) is 6.70. The summed E-state index contributed by atoms with van der Waals surface area (Å²) in [5, 5.41) is 0. The van der Waals surface area contributed by atoms with Gasteiger partial charge in [0.25, 0.3) is 0 Å². The average molecular weight is 250 g/mol. The van der Waals surface area contributed by atoms with Gasteiger partial charge in [-0.15, -0.1) is 0 Å². The molecule has 3 nitrogen and oxygen atoms in total. The largest absolute Gasteiger partial charge is 0.383 e. The van der Waals surface area contributed by atoms with Gasteiger partial charge in [-0.25, -0.2) is 0 Å². The number of hydrogen-bond donors (Lipinski definition) is 1. The Morgan fingerprint density at radius 2 is 1.89 bits per heavy atom. The molecular formula is C15H26N2O. The molecule has 1 rings (SSSR count). The molecule has 1 aromatic carbocycles. The van der Waals surface area contributed by atoms with Crippen LogP contribution in [0.15, 0.2) is 24.3 Å². The van der Waals surface area contributed by atoms with Gasteiger partial charge in [-0.3, -0.25) is 0 Å². The molecule has 3 heteroatoms. The number of rotatable bonds is 8. The van der Waals surface area contributed by atoms with Crippen molar-refractivity contribution in [2.75, 3.05) is 33.4 Å². The van der Waals surface area contributed by atoms with E-state index in [2.05, 4.69) is 43.0 Å². The van der Waals surface area contributed by atoms with E-state index in [9.17, 15) is 0 Å². The molecule has 102 valence electrons. The summed E-state index contributed by atoms with van der Waals surface area (Å²) in [5.41, 5.74) is 8.72. The van der Waals surface area contributed by atoms with Gasteiger partial charge < -0.3 is 15.4 Å². The van der Waals surface area contributed by atoms with Gasteiger partial charge in [0, 0.05) is 26.2 Å². The van der Waals surface area contributed by atoms with Gasteiger partial charge in [-0.05, 0) is 25.5 Å². The van der Waals surface area contributed by atoms with Crippen LogP contribution in [0, 0.1) is 6.92 Å². The van der Waals surface area contributed by atoms with E-state index >= 15 is 0 Å². The smallest absolute Gasteiger partial charge is 0.0589 e. The fraction of sp³-hybridized carbons (Fsp3) is 0.600. The van der Waals surface area contributed by atoms with Crippen molar-refractivity contribution < 1.29 is 4.74 Å². The third-order valence-electron chi connectivity index (χ3n) is 3.32. The molecule has 0 fully saturated rings. The summed E-state index contributed by atoms with van der Waals surface area (Å²) in [4.78, 5) is 2.37. The molecule has 18 heavy (non-hydrogen) atoms. The first-order chi connectivity index (χ1) is 8.67. The summed E-state index contributed by atoms with van der Waals surface area (Å²) < 4.78 is 5.11. The van der Waals surface area contributed by atoms with Crippen LogP contribution >= 0.6 is 0 Å². The normalized spacial score (nSPS) is 12.9. The first kappa shape index (κ1) is 15.2. The number of benzene rings is 1. The molecule has 1 aromatic rings. The van der Waals surface area contributed by atoms with E-state index in [0.717, 1.165) is 32.7 Å². The minimum absolute atomic E-state index is 0.127. The van der Waals surface area contributed by atoms with Gasteiger partial charge >= 0.3 is 0 Å². The quantitative estimate of drug-likeness (QED) is 0.769. The zero-order valence-electron chi connectivity index (χ0n) is 11.9. The lowest BCUT2D eigenvalue weighted by Crippen LogP contribution is -2.30. The lowest BCUT2D eigenvalue weighted by molar-refractivity contribution is 0.149.